The standard InChI is InChI=1S/C19H24F3N5O/c1-11-7-12(26-8-16(23)19(20,21)22)10-27(9-11)15-5-4-14(18(24)28)17-13(15)3-2-6-25-17/h2-6,11-12,16,26H,7-10,23H2,1H3,(H2,24,28)/t11-,12+,16-/m0/s1. The van der Waals surface area contributed by atoms with E-state index in [2.05, 4.69) is 22.1 Å². The molecule has 2 aromatic rings. The smallest absolute Gasteiger partial charge is 0.369 e. The summed E-state index contributed by atoms with van der Waals surface area (Å²) in [5.74, 6) is -0.279. The van der Waals surface area contributed by atoms with Crippen LogP contribution in [0.3, 0.4) is 0 Å². The summed E-state index contributed by atoms with van der Waals surface area (Å²) < 4.78 is 38.0. The number of pyridine rings is 1. The number of alkyl halides is 3. The molecule has 5 N–H and O–H groups in total. The molecule has 28 heavy (non-hydrogen) atoms. The molecule has 1 saturated heterocycles. The molecule has 9 heteroatoms. The van der Waals surface area contributed by atoms with E-state index in [0.717, 1.165) is 24.0 Å². The Morgan fingerprint density at radius 1 is 1.36 bits per heavy atom. The average molecular weight is 395 g/mol. The number of nitrogens with one attached hydrogen (secondary N) is 1. The number of amides is 1. The van der Waals surface area contributed by atoms with Crippen LogP contribution in [0.4, 0.5) is 18.9 Å². The van der Waals surface area contributed by atoms with Gasteiger partial charge in [-0.25, -0.2) is 0 Å². The molecule has 2 heterocycles. The molecule has 1 fully saturated rings. The van der Waals surface area contributed by atoms with Crippen molar-refractivity contribution in [2.75, 3.05) is 24.5 Å². The zero-order valence-corrected chi connectivity index (χ0v) is 15.5. The number of carbonyl (C=O) groups is 1. The molecule has 1 aromatic carbocycles. The molecule has 6 nitrogen and oxygen atoms in total. The maximum Gasteiger partial charge on any atom is 0.404 e. The summed E-state index contributed by atoms with van der Waals surface area (Å²) >= 11 is 0. The molecule has 0 radical (unpaired) electrons. The van der Waals surface area contributed by atoms with Gasteiger partial charge in [-0.2, -0.15) is 13.2 Å². The van der Waals surface area contributed by atoms with Crippen molar-refractivity contribution < 1.29 is 18.0 Å². The third-order valence-corrected chi connectivity index (χ3v) is 5.06. The Hall–Kier alpha value is -2.39. The fourth-order valence-corrected chi connectivity index (χ4v) is 3.74. The summed E-state index contributed by atoms with van der Waals surface area (Å²) in [6.07, 6.45) is -2.06. The van der Waals surface area contributed by atoms with Gasteiger partial charge in [0.15, 0.2) is 0 Å². The minimum atomic E-state index is -4.42. The molecule has 0 bridgehead atoms. The first-order chi connectivity index (χ1) is 13.2. The van der Waals surface area contributed by atoms with Crippen molar-refractivity contribution in [3.8, 4) is 0 Å². The lowest BCUT2D eigenvalue weighted by molar-refractivity contribution is -0.146. The second-order valence-corrected chi connectivity index (χ2v) is 7.40. The zero-order chi connectivity index (χ0) is 20.5. The first-order valence-corrected chi connectivity index (χ1v) is 9.15. The number of hydrogen-bond acceptors (Lipinski definition) is 5. The Labute approximate surface area is 161 Å². The van der Waals surface area contributed by atoms with Gasteiger partial charge in [0.2, 0.25) is 0 Å². The fourth-order valence-electron chi connectivity index (χ4n) is 3.74. The summed E-state index contributed by atoms with van der Waals surface area (Å²) in [6.45, 7) is 3.03. The summed E-state index contributed by atoms with van der Waals surface area (Å²) in [5.41, 5.74) is 12.4. The van der Waals surface area contributed by atoms with Gasteiger partial charge in [0.25, 0.3) is 5.91 Å². The van der Waals surface area contributed by atoms with Gasteiger partial charge in [-0.05, 0) is 36.6 Å². The van der Waals surface area contributed by atoms with E-state index >= 15 is 0 Å². The van der Waals surface area contributed by atoms with Gasteiger partial charge in [-0.15, -0.1) is 0 Å². The predicted molar refractivity (Wildman–Crippen MR) is 102 cm³/mol. The van der Waals surface area contributed by atoms with E-state index in [1.165, 1.54) is 0 Å². The molecular formula is C19H24F3N5O. The van der Waals surface area contributed by atoms with E-state index in [9.17, 15) is 18.0 Å². The highest BCUT2D eigenvalue weighted by molar-refractivity contribution is 6.08. The molecule has 0 aliphatic carbocycles. The van der Waals surface area contributed by atoms with Crippen LogP contribution in [-0.2, 0) is 0 Å². The largest absolute Gasteiger partial charge is 0.404 e. The third kappa shape index (κ3) is 4.36. The Balaban J connectivity index is 1.83. The van der Waals surface area contributed by atoms with E-state index in [0.29, 0.717) is 17.6 Å². The van der Waals surface area contributed by atoms with Gasteiger partial charge < -0.3 is 21.7 Å². The number of anilines is 1. The van der Waals surface area contributed by atoms with E-state index < -0.39 is 18.1 Å². The second-order valence-electron chi connectivity index (χ2n) is 7.40. The number of benzene rings is 1. The number of rotatable bonds is 5. The van der Waals surface area contributed by atoms with Crippen LogP contribution in [0, 0.1) is 5.92 Å². The quantitative estimate of drug-likeness (QED) is 0.720. The van der Waals surface area contributed by atoms with Gasteiger partial charge in [0.05, 0.1) is 11.1 Å². The lowest BCUT2D eigenvalue weighted by Crippen LogP contribution is -2.53. The predicted octanol–water partition coefficient (Wildman–Crippen LogP) is 2.03. The SMILES string of the molecule is C[C@H]1C[C@@H](NC[C@H](N)C(F)(F)F)CN(c2ccc(C(N)=O)c3ncccc23)C1. The summed E-state index contributed by atoms with van der Waals surface area (Å²) in [7, 11) is 0. The Kier molecular flexibility index (Phi) is 5.76. The average Bonchev–Trinajstić information content (AvgIpc) is 2.63. The maximum absolute atomic E-state index is 12.7. The Morgan fingerprint density at radius 3 is 2.79 bits per heavy atom. The molecule has 0 saturated carbocycles. The van der Waals surface area contributed by atoms with Gasteiger partial charge >= 0.3 is 6.18 Å². The van der Waals surface area contributed by atoms with Crippen molar-refractivity contribution in [3.63, 3.8) is 0 Å². The zero-order valence-electron chi connectivity index (χ0n) is 15.5. The Bertz CT molecular complexity index is 857. The monoisotopic (exact) mass is 395 g/mol. The van der Waals surface area contributed by atoms with Gasteiger partial charge in [0.1, 0.15) is 6.04 Å². The molecular weight excluding hydrogens is 371 g/mol. The van der Waals surface area contributed by atoms with Crippen molar-refractivity contribution in [2.45, 2.75) is 31.6 Å². The number of nitrogens with zero attached hydrogens (tertiary/aromatic N) is 2. The van der Waals surface area contributed by atoms with Crippen molar-refractivity contribution in [2.24, 2.45) is 17.4 Å². The highest BCUT2D eigenvalue weighted by atomic mass is 19.4. The lowest BCUT2D eigenvalue weighted by Gasteiger charge is -2.39. The molecule has 3 rings (SSSR count). The molecule has 0 spiro atoms. The summed E-state index contributed by atoms with van der Waals surface area (Å²) in [6, 6.07) is 5.10. The van der Waals surface area contributed by atoms with Crippen LogP contribution < -0.4 is 21.7 Å². The van der Waals surface area contributed by atoms with Gasteiger partial charge in [0, 0.05) is 42.9 Å². The molecule has 1 amide bonds. The number of nitrogens with two attached hydrogens (primary N) is 2. The lowest BCUT2D eigenvalue weighted by atomic mass is 9.94. The van der Waals surface area contributed by atoms with Crippen LogP contribution in [-0.4, -0.2) is 48.8 Å². The number of fused-ring (bicyclic) bond motifs is 1. The van der Waals surface area contributed by atoms with Crippen molar-refractivity contribution in [3.05, 3.63) is 36.0 Å². The van der Waals surface area contributed by atoms with E-state index in [1.807, 2.05) is 12.1 Å². The number of carbonyl (C=O) groups excluding carboxylic acids is 1. The molecule has 3 atom stereocenters. The van der Waals surface area contributed by atoms with Crippen molar-refractivity contribution >= 4 is 22.5 Å². The molecule has 1 aliphatic rings. The highest BCUT2D eigenvalue weighted by Gasteiger charge is 2.37. The molecule has 152 valence electrons. The topological polar surface area (TPSA) is 97.3 Å². The maximum atomic E-state index is 12.7. The number of piperidine rings is 1. The Morgan fingerprint density at radius 2 is 2.11 bits per heavy atom. The van der Waals surface area contributed by atoms with Crippen LogP contribution in [0.1, 0.15) is 23.7 Å². The second kappa shape index (κ2) is 7.92. The van der Waals surface area contributed by atoms with Crippen LogP contribution in [0.2, 0.25) is 0 Å². The third-order valence-electron chi connectivity index (χ3n) is 5.06. The van der Waals surface area contributed by atoms with E-state index in [1.54, 1.807) is 18.3 Å². The summed E-state index contributed by atoms with van der Waals surface area (Å²) in [5, 5.41) is 3.75. The fraction of sp³-hybridized carbons (Fsp3) is 0.474. The van der Waals surface area contributed by atoms with Crippen molar-refractivity contribution in [1.29, 1.82) is 0 Å². The highest BCUT2D eigenvalue weighted by Crippen LogP contribution is 2.31. The van der Waals surface area contributed by atoms with E-state index in [-0.39, 0.29) is 18.5 Å². The minimum absolute atomic E-state index is 0.125. The van der Waals surface area contributed by atoms with E-state index in [4.69, 9.17) is 11.5 Å². The number of hydrogen-bond donors (Lipinski definition) is 3. The van der Waals surface area contributed by atoms with Crippen LogP contribution in [0.15, 0.2) is 30.5 Å². The van der Waals surface area contributed by atoms with Crippen LogP contribution in [0.5, 0.6) is 0 Å². The number of halogens is 3. The number of aromatic nitrogens is 1. The molecule has 0 unspecified atom stereocenters. The van der Waals surface area contributed by atoms with Gasteiger partial charge in [-0.1, -0.05) is 6.92 Å². The molecule has 1 aromatic heterocycles. The first kappa shape index (κ1) is 20.3. The van der Waals surface area contributed by atoms with Crippen LogP contribution >= 0.6 is 0 Å². The van der Waals surface area contributed by atoms with Crippen molar-refractivity contribution in [1.82, 2.24) is 10.3 Å². The first-order valence-electron chi connectivity index (χ1n) is 9.15. The minimum Gasteiger partial charge on any atom is -0.369 e. The van der Waals surface area contributed by atoms with Crippen LogP contribution in [0.25, 0.3) is 10.9 Å². The molecule has 1 aliphatic heterocycles. The van der Waals surface area contributed by atoms with Gasteiger partial charge in [-0.3, -0.25) is 9.78 Å². The normalized spacial score (nSPS) is 21.7. The number of primary amides is 1. The summed E-state index contributed by atoms with van der Waals surface area (Å²) in [4.78, 5) is 18.1.